The minimum Gasteiger partial charge on any atom is -0.467 e. The zero-order valence-electron chi connectivity index (χ0n) is 13.9. The zero-order chi connectivity index (χ0) is 17.9. The molecule has 2 atom stereocenters. The average Bonchev–Trinajstić information content (AvgIpc) is 2.53. The first-order valence-electron chi connectivity index (χ1n) is 7.45. The van der Waals surface area contributed by atoms with E-state index >= 15 is 0 Å². The molecule has 0 aliphatic carbocycles. The zero-order valence-corrected chi connectivity index (χ0v) is 13.9. The highest BCUT2D eigenvalue weighted by Crippen LogP contribution is 2.33. The highest BCUT2D eigenvalue weighted by Gasteiger charge is 2.37. The standard InChI is InChI=1S/C16H19N3O5/c1-9(2)24-15(20)13-10(3)17-16(23-4)18-14(13)11-6-5-7-12(8-11)19(21)22/h5-9,13-14H,1-4H3. The molecule has 2 unspecified atom stereocenters. The number of non-ortho nitro benzene ring substituents is 1. The molecule has 0 spiro atoms. The summed E-state index contributed by atoms with van der Waals surface area (Å²) in [6, 6.07) is 5.45. The largest absolute Gasteiger partial charge is 0.467 e. The van der Waals surface area contributed by atoms with E-state index in [2.05, 4.69) is 9.98 Å². The predicted octanol–water partition coefficient (Wildman–Crippen LogP) is 2.68. The molecule has 0 N–H and O–H groups in total. The number of carbonyl (C=O) groups excluding carboxylic acids is 1. The van der Waals surface area contributed by atoms with Crippen LogP contribution in [0.3, 0.4) is 0 Å². The number of rotatable bonds is 4. The molecule has 1 aromatic rings. The van der Waals surface area contributed by atoms with Crippen LogP contribution < -0.4 is 0 Å². The van der Waals surface area contributed by atoms with Crippen molar-refractivity contribution in [3.8, 4) is 0 Å². The fourth-order valence-corrected chi connectivity index (χ4v) is 2.46. The van der Waals surface area contributed by atoms with Crippen molar-refractivity contribution in [2.45, 2.75) is 32.9 Å². The third kappa shape index (κ3) is 3.76. The van der Waals surface area contributed by atoms with Gasteiger partial charge in [0.05, 0.1) is 24.2 Å². The lowest BCUT2D eigenvalue weighted by atomic mass is 9.89. The van der Waals surface area contributed by atoms with Gasteiger partial charge in [0.15, 0.2) is 0 Å². The number of methoxy groups -OCH3 is 1. The molecular weight excluding hydrogens is 314 g/mol. The monoisotopic (exact) mass is 333 g/mol. The smallest absolute Gasteiger partial charge is 0.317 e. The second-order valence-electron chi connectivity index (χ2n) is 5.63. The van der Waals surface area contributed by atoms with Gasteiger partial charge in [0.2, 0.25) is 0 Å². The van der Waals surface area contributed by atoms with Crippen molar-refractivity contribution in [2.75, 3.05) is 7.11 Å². The third-order valence-electron chi connectivity index (χ3n) is 3.50. The number of ether oxygens (including phenoxy) is 2. The number of carbonyl (C=O) groups is 1. The highest BCUT2D eigenvalue weighted by molar-refractivity contribution is 6.07. The molecule has 128 valence electrons. The molecule has 0 radical (unpaired) electrons. The van der Waals surface area contributed by atoms with E-state index in [-0.39, 0.29) is 17.8 Å². The molecule has 0 aromatic heterocycles. The number of hydrogen-bond acceptors (Lipinski definition) is 7. The lowest BCUT2D eigenvalue weighted by Crippen LogP contribution is -2.34. The summed E-state index contributed by atoms with van der Waals surface area (Å²) in [6.07, 6.45) is -0.288. The highest BCUT2D eigenvalue weighted by atomic mass is 16.6. The first-order valence-corrected chi connectivity index (χ1v) is 7.45. The number of nitro benzene ring substituents is 1. The summed E-state index contributed by atoms with van der Waals surface area (Å²) in [7, 11) is 1.42. The number of aliphatic imine (C=N–C) groups is 2. The van der Waals surface area contributed by atoms with E-state index in [1.54, 1.807) is 32.9 Å². The normalized spacial score (nSPS) is 20.2. The van der Waals surface area contributed by atoms with Crippen LogP contribution in [0, 0.1) is 16.0 Å². The number of nitro groups is 1. The van der Waals surface area contributed by atoms with E-state index in [0.29, 0.717) is 11.3 Å². The minimum atomic E-state index is -0.756. The van der Waals surface area contributed by atoms with Crippen LogP contribution in [-0.2, 0) is 14.3 Å². The second-order valence-corrected chi connectivity index (χ2v) is 5.63. The van der Waals surface area contributed by atoms with Crippen molar-refractivity contribution in [3.05, 3.63) is 39.9 Å². The summed E-state index contributed by atoms with van der Waals surface area (Å²) < 4.78 is 10.4. The lowest BCUT2D eigenvalue weighted by molar-refractivity contribution is -0.384. The Morgan fingerprint density at radius 2 is 2.08 bits per heavy atom. The van der Waals surface area contributed by atoms with Crippen LogP contribution >= 0.6 is 0 Å². The summed E-state index contributed by atoms with van der Waals surface area (Å²) in [5, 5.41) is 11.0. The lowest BCUT2D eigenvalue weighted by Gasteiger charge is -2.27. The molecule has 8 nitrogen and oxygen atoms in total. The van der Waals surface area contributed by atoms with Crippen molar-refractivity contribution < 1.29 is 19.2 Å². The van der Waals surface area contributed by atoms with E-state index in [1.807, 2.05) is 0 Å². The van der Waals surface area contributed by atoms with Gasteiger partial charge < -0.3 is 9.47 Å². The van der Waals surface area contributed by atoms with Gasteiger partial charge >= 0.3 is 12.0 Å². The van der Waals surface area contributed by atoms with Crippen molar-refractivity contribution in [2.24, 2.45) is 15.9 Å². The predicted molar refractivity (Wildman–Crippen MR) is 88.1 cm³/mol. The first-order chi connectivity index (χ1) is 11.3. The van der Waals surface area contributed by atoms with Crippen LogP contribution in [-0.4, -0.2) is 35.8 Å². The molecule has 1 aromatic carbocycles. The summed E-state index contributed by atoms with van der Waals surface area (Å²) in [5.74, 6) is -1.23. The van der Waals surface area contributed by atoms with Crippen LogP contribution in [0.15, 0.2) is 34.3 Å². The molecule has 0 fully saturated rings. The van der Waals surface area contributed by atoms with Gasteiger partial charge in [0.1, 0.15) is 5.92 Å². The van der Waals surface area contributed by atoms with Crippen molar-refractivity contribution in [1.29, 1.82) is 0 Å². The molecule has 24 heavy (non-hydrogen) atoms. The third-order valence-corrected chi connectivity index (χ3v) is 3.50. The van der Waals surface area contributed by atoms with E-state index in [4.69, 9.17) is 9.47 Å². The Labute approximate surface area is 139 Å². The van der Waals surface area contributed by atoms with Crippen LogP contribution in [0.5, 0.6) is 0 Å². The van der Waals surface area contributed by atoms with Crippen molar-refractivity contribution in [1.82, 2.24) is 0 Å². The Hall–Kier alpha value is -2.77. The maximum Gasteiger partial charge on any atom is 0.317 e. The van der Waals surface area contributed by atoms with Gasteiger partial charge in [-0.25, -0.2) is 9.98 Å². The van der Waals surface area contributed by atoms with Gasteiger partial charge in [-0.15, -0.1) is 0 Å². The topological polar surface area (TPSA) is 103 Å². The van der Waals surface area contributed by atoms with Crippen LogP contribution in [0.4, 0.5) is 5.69 Å². The summed E-state index contributed by atoms with van der Waals surface area (Å²) in [5.41, 5.74) is 0.945. The van der Waals surface area contributed by atoms with Crippen molar-refractivity contribution in [3.63, 3.8) is 0 Å². The summed E-state index contributed by atoms with van der Waals surface area (Å²) in [4.78, 5) is 31.5. The molecule has 1 heterocycles. The van der Waals surface area contributed by atoms with Gasteiger partial charge in [-0.3, -0.25) is 14.9 Å². The van der Waals surface area contributed by atoms with Gasteiger partial charge in [0, 0.05) is 17.8 Å². The Bertz CT molecular complexity index is 711. The van der Waals surface area contributed by atoms with Gasteiger partial charge in [-0.05, 0) is 26.3 Å². The summed E-state index contributed by atoms with van der Waals surface area (Å²) >= 11 is 0. The number of nitrogens with zero attached hydrogens (tertiary/aromatic N) is 3. The van der Waals surface area contributed by atoms with Gasteiger partial charge in [-0.1, -0.05) is 12.1 Å². The quantitative estimate of drug-likeness (QED) is 0.479. The first kappa shape index (κ1) is 17.6. The number of hydrogen-bond donors (Lipinski definition) is 0. The van der Waals surface area contributed by atoms with Gasteiger partial charge in [0.25, 0.3) is 5.69 Å². The SMILES string of the molecule is COC1=NC(c2cccc([N+](=O)[O-])c2)C(C(=O)OC(C)C)C(C)=N1. The number of amidine groups is 1. The van der Waals surface area contributed by atoms with Crippen LogP contribution in [0.25, 0.3) is 0 Å². The van der Waals surface area contributed by atoms with Gasteiger partial charge in [-0.2, -0.15) is 0 Å². The molecule has 1 aliphatic heterocycles. The molecule has 0 bridgehead atoms. The average molecular weight is 333 g/mol. The second kappa shape index (κ2) is 7.20. The van der Waals surface area contributed by atoms with Crippen LogP contribution in [0.2, 0.25) is 0 Å². The van der Waals surface area contributed by atoms with E-state index < -0.39 is 22.9 Å². The molecule has 8 heteroatoms. The fourth-order valence-electron chi connectivity index (χ4n) is 2.46. The van der Waals surface area contributed by atoms with Crippen LogP contribution in [0.1, 0.15) is 32.4 Å². The Balaban J connectivity index is 2.46. The number of esters is 1. The van der Waals surface area contributed by atoms with Crippen molar-refractivity contribution >= 4 is 23.4 Å². The minimum absolute atomic E-state index is 0.0715. The molecule has 0 saturated carbocycles. The van der Waals surface area contributed by atoms with E-state index in [0.717, 1.165) is 0 Å². The molecule has 0 saturated heterocycles. The van der Waals surface area contributed by atoms with E-state index in [1.165, 1.54) is 19.2 Å². The Kier molecular flexibility index (Phi) is 5.28. The molecule has 2 rings (SSSR count). The molecule has 0 amide bonds. The molecular formula is C16H19N3O5. The van der Waals surface area contributed by atoms with E-state index in [9.17, 15) is 14.9 Å². The fraction of sp³-hybridized carbons (Fsp3) is 0.438. The number of benzene rings is 1. The Morgan fingerprint density at radius 3 is 2.67 bits per heavy atom. The Morgan fingerprint density at radius 1 is 1.38 bits per heavy atom. The molecule has 1 aliphatic rings. The maximum absolute atomic E-state index is 12.5. The summed E-state index contributed by atoms with van der Waals surface area (Å²) in [6.45, 7) is 5.18. The maximum atomic E-state index is 12.5.